The average molecular weight is 346 g/mol. The van der Waals surface area contributed by atoms with Gasteiger partial charge in [-0.2, -0.15) is 0 Å². The first kappa shape index (κ1) is 16.3. The summed E-state index contributed by atoms with van der Waals surface area (Å²) in [6.45, 7) is 5.48. The van der Waals surface area contributed by atoms with Gasteiger partial charge in [-0.3, -0.25) is 0 Å². The molecule has 0 amide bonds. The second-order valence-corrected chi connectivity index (χ2v) is 6.65. The molecular weight excluding hydrogens is 322 g/mol. The maximum Gasteiger partial charge on any atom is 0.0207 e. The van der Waals surface area contributed by atoms with Crippen molar-refractivity contribution in [3.05, 3.63) is 69.2 Å². The van der Waals surface area contributed by atoms with Crippen LogP contribution in [-0.4, -0.2) is 13.6 Å². The number of halogens is 1. The Bertz CT molecular complexity index is 572. The van der Waals surface area contributed by atoms with Crippen LogP contribution < -0.4 is 5.32 Å². The summed E-state index contributed by atoms with van der Waals surface area (Å²) >= 11 is 3.67. The quantitative estimate of drug-likeness (QED) is 0.800. The zero-order chi connectivity index (χ0) is 15.2. The van der Waals surface area contributed by atoms with Crippen molar-refractivity contribution in [3.63, 3.8) is 0 Å². The molecule has 1 nitrogen and oxygen atoms in total. The smallest absolute Gasteiger partial charge is 0.0207 e. The van der Waals surface area contributed by atoms with Crippen LogP contribution in [0.25, 0.3) is 0 Å². The van der Waals surface area contributed by atoms with Gasteiger partial charge in [0.1, 0.15) is 0 Å². The summed E-state index contributed by atoms with van der Waals surface area (Å²) in [4.78, 5) is 0. The van der Waals surface area contributed by atoms with Gasteiger partial charge in [0.15, 0.2) is 0 Å². The van der Waals surface area contributed by atoms with Crippen molar-refractivity contribution in [3.8, 4) is 0 Å². The van der Waals surface area contributed by atoms with E-state index in [4.69, 9.17) is 0 Å². The fourth-order valence-electron chi connectivity index (χ4n) is 2.94. The third kappa shape index (κ3) is 4.42. The molecule has 2 rings (SSSR count). The van der Waals surface area contributed by atoms with Gasteiger partial charge in [0.25, 0.3) is 0 Å². The molecule has 112 valence electrons. The average Bonchev–Trinajstić information content (AvgIpc) is 2.45. The molecule has 2 heteroatoms. The van der Waals surface area contributed by atoms with Crippen LogP contribution in [0.3, 0.4) is 0 Å². The van der Waals surface area contributed by atoms with E-state index < -0.39 is 0 Å². The maximum absolute atomic E-state index is 3.67. The van der Waals surface area contributed by atoms with Crippen LogP contribution in [0, 0.1) is 19.8 Å². The number of nitrogens with one attached hydrogen (secondary N) is 1. The Hall–Kier alpha value is -1.12. The number of benzene rings is 2. The summed E-state index contributed by atoms with van der Waals surface area (Å²) in [5, 5.41) is 3.35. The van der Waals surface area contributed by atoms with Gasteiger partial charge in [-0.25, -0.2) is 0 Å². The molecule has 2 aromatic rings. The highest BCUT2D eigenvalue weighted by Gasteiger charge is 2.14. The van der Waals surface area contributed by atoms with Gasteiger partial charge in [0, 0.05) is 4.47 Å². The number of hydrogen-bond acceptors (Lipinski definition) is 1. The second kappa shape index (κ2) is 7.77. The fraction of sp³-hybridized carbons (Fsp3) is 0.368. The summed E-state index contributed by atoms with van der Waals surface area (Å²) in [5.41, 5.74) is 5.71. The first-order valence-electron chi connectivity index (χ1n) is 7.55. The zero-order valence-electron chi connectivity index (χ0n) is 13.1. The topological polar surface area (TPSA) is 12.0 Å². The molecule has 0 aliphatic carbocycles. The Morgan fingerprint density at radius 2 is 1.62 bits per heavy atom. The van der Waals surface area contributed by atoms with Crippen LogP contribution in [0.15, 0.2) is 46.9 Å². The van der Waals surface area contributed by atoms with Crippen LogP contribution in [0.1, 0.15) is 22.3 Å². The van der Waals surface area contributed by atoms with Crippen molar-refractivity contribution in [2.45, 2.75) is 26.7 Å². The van der Waals surface area contributed by atoms with Crippen LogP contribution >= 0.6 is 15.9 Å². The Morgan fingerprint density at radius 1 is 0.952 bits per heavy atom. The van der Waals surface area contributed by atoms with Crippen molar-refractivity contribution in [2.75, 3.05) is 13.6 Å². The molecule has 0 aromatic heterocycles. The normalized spacial score (nSPS) is 12.4. The Balaban J connectivity index is 2.18. The largest absolute Gasteiger partial charge is 0.319 e. The standard InChI is InChI=1S/C19H24BrN/c1-14-7-6-8-15(2)18(14)12-16(13-21-3)11-17-9-4-5-10-19(17)20/h4-10,16,21H,11-13H2,1-3H3. The van der Waals surface area contributed by atoms with Gasteiger partial charge >= 0.3 is 0 Å². The number of rotatable bonds is 6. The van der Waals surface area contributed by atoms with E-state index in [1.807, 2.05) is 7.05 Å². The summed E-state index contributed by atoms with van der Waals surface area (Å²) in [5.74, 6) is 0.605. The lowest BCUT2D eigenvalue weighted by Crippen LogP contribution is -2.23. The van der Waals surface area contributed by atoms with Gasteiger partial charge < -0.3 is 5.32 Å². The molecule has 1 atom stereocenters. The molecule has 0 fully saturated rings. The SMILES string of the molecule is CNCC(Cc1ccccc1Br)Cc1c(C)cccc1C. The van der Waals surface area contributed by atoms with E-state index in [0.29, 0.717) is 5.92 Å². The van der Waals surface area contributed by atoms with E-state index in [1.54, 1.807) is 0 Å². The van der Waals surface area contributed by atoms with Crippen LogP contribution in [-0.2, 0) is 12.8 Å². The van der Waals surface area contributed by atoms with Gasteiger partial charge in [0.2, 0.25) is 0 Å². The molecule has 0 aliphatic heterocycles. The monoisotopic (exact) mass is 345 g/mol. The van der Waals surface area contributed by atoms with E-state index in [1.165, 1.54) is 26.7 Å². The zero-order valence-corrected chi connectivity index (χ0v) is 14.7. The molecule has 0 radical (unpaired) electrons. The fourth-order valence-corrected chi connectivity index (χ4v) is 3.39. The lowest BCUT2D eigenvalue weighted by atomic mass is 9.88. The minimum Gasteiger partial charge on any atom is -0.319 e. The molecule has 0 saturated heterocycles. The first-order chi connectivity index (χ1) is 10.1. The minimum atomic E-state index is 0.605. The van der Waals surface area contributed by atoms with E-state index >= 15 is 0 Å². The van der Waals surface area contributed by atoms with Crippen molar-refractivity contribution in [2.24, 2.45) is 5.92 Å². The van der Waals surface area contributed by atoms with Crippen molar-refractivity contribution >= 4 is 15.9 Å². The van der Waals surface area contributed by atoms with Crippen LogP contribution in [0.2, 0.25) is 0 Å². The molecule has 21 heavy (non-hydrogen) atoms. The molecule has 2 aromatic carbocycles. The predicted molar refractivity (Wildman–Crippen MR) is 94.9 cm³/mol. The third-order valence-electron chi connectivity index (χ3n) is 4.10. The first-order valence-corrected chi connectivity index (χ1v) is 8.34. The van der Waals surface area contributed by atoms with E-state index in [2.05, 4.69) is 77.6 Å². The summed E-state index contributed by atoms with van der Waals surface area (Å²) < 4.78 is 1.22. The maximum atomic E-state index is 3.67. The van der Waals surface area contributed by atoms with Gasteiger partial charge in [-0.05, 0) is 74.5 Å². The Labute approximate surface area is 136 Å². The number of aryl methyl sites for hydroxylation is 2. The molecule has 0 aliphatic rings. The highest BCUT2D eigenvalue weighted by atomic mass is 79.9. The van der Waals surface area contributed by atoms with Crippen molar-refractivity contribution in [1.82, 2.24) is 5.32 Å². The number of hydrogen-bond donors (Lipinski definition) is 1. The summed E-state index contributed by atoms with van der Waals surface area (Å²) in [6.07, 6.45) is 2.22. The van der Waals surface area contributed by atoms with Crippen molar-refractivity contribution in [1.29, 1.82) is 0 Å². The van der Waals surface area contributed by atoms with Crippen LogP contribution in [0.5, 0.6) is 0 Å². The van der Waals surface area contributed by atoms with Crippen LogP contribution in [0.4, 0.5) is 0 Å². The van der Waals surface area contributed by atoms with E-state index in [9.17, 15) is 0 Å². The van der Waals surface area contributed by atoms with Crippen molar-refractivity contribution < 1.29 is 0 Å². The molecule has 1 unspecified atom stereocenters. The highest BCUT2D eigenvalue weighted by molar-refractivity contribution is 9.10. The Kier molecular flexibility index (Phi) is 6.01. The van der Waals surface area contributed by atoms with E-state index in [-0.39, 0.29) is 0 Å². The van der Waals surface area contributed by atoms with Gasteiger partial charge in [-0.15, -0.1) is 0 Å². The molecule has 0 bridgehead atoms. The Morgan fingerprint density at radius 3 is 2.24 bits per heavy atom. The lowest BCUT2D eigenvalue weighted by molar-refractivity contribution is 0.490. The predicted octanol–water partition coefficient (Wildman–Crippen LogP) is 4.69. The molecule has 0 saturated carbocycles. The summed E-state index contributed by atoms with van der Waals surface area (Å²) in [7, 11) is 2.04. The molecular formula is C19H24BrN. The minimum absolute atomic E-state index is 0.605. The second-order valence-electron chi connectivity index (χ2n) is 5.79. The molecule has 1 N–H and O–H groups in total. The lowest BCUT2D eigenvalue weighted by Gasteiger charge is -2.20. The highest BCUT2D eigenvalue weighted by Crippen LogP contribution is 2.23. The molecule has 0 heterocycles. The van der Waals surface area contributed by atoms with Gasteiger partial charge in [0.05, 0.1) is 0 Å². The molecule has 0 spiro atoms. The summed E-state index contributed by atoms with van der Waals surface area (Å²) in [6, 6.07) is 15.1. The van der Waals surface area contributed by atoms with Gasteiger partial charge in [-0.1, -0.05) is 52.3 Å². The van der Waals surface area contributed by atoms with E-state index in [0.717, 1.165) is 19.4 Å². The third-order valence-corrected chi connectivity index (χ3v) is 4.87.